The minimum Gasteiger partial charge on any atom is -0.325 e. The summed E-state index contributed by atoms with van der Waals surface area (Å²) in [7, 11) is 0. The summed E-state index contributed by atoms with van der Waals surface area (Å²) in [5.41, 5.74) is 2.39. The summed E-state index contributed by atoms with van der Waals surface area (Å²) in [5.74, 6) is 0.621. The maximum Gasteiger partial charge on any atom is 0.140 e. The van der Waals surface area contributed by atoms with Crippen LogP contribution in [0.4, 0.5) is 0 Å². The summed E-state index contributed by atoms with van der Waals surface area (Å²) in [6.45, 7) is 5.49. The fraction of sp³-hybridized carbons (Fsp3) is 0.267. The van der Waals surface area contributed by atoms with Crippen LogP contribution in [0.3, 0.4) is 0 Å². The third-order valence-corrected chi connectivity index (χ3v) is 3.08. The molecule has 0 atom stereocenters. The predicted molar refractivity (Wildman–Crippen MR) is 72.1 cm³/mol. The maximum atomic E-state index is 4.53. The van der Waals surface area contributed by atoms with E-state index in [1.165, 1.54) is 16.3 Å². The van der Waals surface area contributed by atoms with Gasteiger partial charge in [0.25, 0.3) is 0 Å². The molecule has 0 amide bonds. The molecule has 2 heterocycles. The van der Waals surface area contributed by atoms with Gasteiger partial charge in [-0.2, -0.15) is 0 Å². The molecule has 0 radical (unpaired) electrons. The van der Waals surface area contributed by atoms with Crippen molar-refractivity contribution in [1.29, 1.82) is 0 Å². The summed E-state index contributed by atoms with van der Waals surface area (Å²) >= 11 is 0. The van der Waals surface area contributed by atoms with Crippen LogP contribution in [0, 0.1) is 5.92 Å². The lowest BCUT2D eigenvalue weighted by Crippen LogP contribution is -2.04. The van der Waals surface area contributed by atoms with Gasteiger partial charge in [-0.15, -0.1) is 0 Å². The molecule has 2 aromatic heterocycles. The van der Waals surface area contributed by atoms with Gasteiger partial charge in [0.15, 0.2) is 0 Å². The first-order valence-electron chi connectivity index (χ1n) is 6.09. The fourth-order valence-corrected chi connectivity index (χ4v) is 2.42. The van der Waals surface area contributed by atoms with E-state index in [0.29, 0.717) is 5.92 Å². The molecule has 0 bridgehead atoms. The highest BCUT2D eigenvalue weighted by Gasteiger charge is 2.11. The van der Waals surface area contributed by atoms with E-state index in [1.54, 1.807) is 0 Å². The van der Waals surface area contributed by atoms with Crippen molar-refractivity contribution in [2.45, 2.75) is 20.4 Å². The second kappa shape index (κ2) is 3.88. The summed E-state index contributed by atoms with van der Waals surface area (Å²) in [6, 6.07) is 12.7. The SMILES string of the molecule is CC(C)Cn1c2ccccc2c2cccnc21. The largest absolute Gasteiger partial charge is 0.325 e. The molecule has 0 aliphatic carbocycles. The topological polar surface area (TPSA) is 17.8 Å². The second-order valence-corrected chi connectivity index (χ2v) is 4.90. The van der Waals surface area contributed by atoms with Crippen LogP contribution in [-0.2, 0) is 6.54 Å². The number of fused-ring (bicyclic) bond motifs is 3. The molecule has 0 aliphatic rings. The molecular formula is C15H16N2. The number of hydrogen-bond acceptors (Lipinski definition) is 1. The number of hydrogen-bond donors (Lipinski definition) is 0. The van der Waals surface area contributed by atoms with E-state index in [9.17, 15) is 0 Å². The Morgan fingerprint density at radius 1 is 1.06 bits per heavy atom. The van der Waals surface area contributed by atoms with Crippen molar-refractivity contribution < 1.29 is 0 Å². The van der Waals surface area contributed by atoms with Crippen molar-refractivity contribution in [3.63, 3.8) is 0 Å². The smallest absolute Gasteiger partial charge is 0.140 e. The van der Waals surface area contributed by atoms with Gasteiger partial charge in [-0.05, 0) is 24.1 Å². The van der Waals surface area contributed by atoms with Crippen LogP contribution in [0.1, 0.15) is 13.8 Å². The van der Waals surface area contributed by atoms with Crippen molar-refractivity contribution in [3.8, 4) is 0 Å². The number of benzene rings is 1. The summed E-state index contributed by atoms with van der Waals surface area (Å²) in [5, 5.41) is 2.56. The Morgan fingerprint density at radius 2 is 1.82 bits per heavy atom. The van der Waals surface area contributed by atoms with E-state index in [0.717, 1.165) is 12.2 Å². The van der Waals surface area contributed by atoms with Crippen LogP contribution in [-0.4, -0.2) is 9.55 Å². The first-order chi connectivity index (χ1) is 8.27. The van der Waals surface area contributed by atoms with Crippen LogP contribution < -0.4 is 0 Å². The standard InChI is InChI=1S/C15H16N2/c1-11(2)10-17-14-8-4-3-6-12(14)13-7-5-9-16-15(13)17/h3-9,11H,10H2,1-2H3. The second-order valence-electron chi connectivity index (χ2n) is 4.90. The highest BCUT2D eigenvalue weighted by atomic mass is 15.0. The summed E-state index contributed by atoms with van der Waals surface area (Å²) in [6.07, 6.45) is 1.87. The fourth-order valence-electron chi connectivity index (χ4n) is 2.42. The van der Waals surface area contributed by atoms with Crippen molar-refractivity contribution in [2.75, 3.05) is 0 Å². The molecule has 86 valence electrons. The van der Waals surface area contributed by atoms with Gasteiger partial charge in [0.1, 0.15) is 5.65 Å². The average Bonchev–Trinajstić information content (AvgIpc) is 2.65. The maximum absolute atomic E-state index is 4.53. The molecule has 0 unspecified atom stereocenters. The monoisotopic (exact) mass is 224 g/mol. The van der Waals surface area contributed by atoms with E-state index < -0.39 is 0 Å². The Kier molecular flexibility index (Phi) is 2.36. The zero-order valence-electron chi connectivity index (χ0n) is 10.2. The predicted octanol–water partition coefficient (Wildman–Crippen LogP) is 3.85. The molecule has 17 heavy (non-hydrogen) atoms. The molecule has 1 aromatic carbocycles. The highest BCUT2D eigenvalue weighted by molar-refractivity contribution is 6.06. The molecule has 0 spiro atoms. The lowest BCUT2D eigenvalue weighted by atomic mass is 10.2. The molecule has 0 saturated carbocycles. The number of nitrogens with zero attached hydrogens (tertiary/aromatic N) is 2. The molecule has 0 N–H and O–H groups in total. The first kappa shape index (κ1) is 10.3. The molecule has 3 aromatic rings. The van der Waals surface area contributed by atoms with Crippen LogP contribution >= 0.6 is 0 Å². The normalized spacial score (nSPS) is 11.7. The first-order valence-corrected chi connectivity index (χ1v) is 6.09. The number of para-hydroxylation sites is 1. The van der Waals surface area contributed by atoms with Crippen molar-refractivity contribution in [1.82, 2.24) is 9.55 Å². The zero-order chi connectivity index (χ0) is 11.8. The lowest BCUT2D eigenvalue weighted by Gasteiger charge is -2.09. The summed E-state index contributed by atoms with van der Waals surface area (Å²) < 4.78 is 2.33. The Hall–Kier alpha value is -1.83. The van der Waals surface area contributed by atoms with E-state index in [2.05, 4.69) is 53.7 Å². The third-order valence-electron chi connectivity index (χ3n) is 3.08. The Balaban J connectivity index is 2.41. The van der Waals surface area contributed by atoms with Gasteiger partial charge in [-0.1, -0.05) is 32.0 Å². The molecule has 2 heteroatoms. The van der Waals surface area contributed by atoms with Crippen LogP contribution in [0.5, 0.6) is 0 Å². The average molecular weight is 224 g/mol. The molecule has 2 nitrogen and oxygen atoms in total. The van der Waals surface area contributed by atoms with Gasteiger partial charge in [0.2, 0.25) is 0 Å². The van der Waals surface area contributed by atoms with Gasteiger partial charge >= 0.3 is 0 Å². The van der Waals surface area contributed by atoms with Gasteiger partial charge < -0.3 is 4.57 Å². The highest BCUT2D eigenvalue weighted by Crippen LogP contribution is 2.27. The Bertz CT molecular complexity index is 612. The van der Waals surface area contributed by atoms with E-state index >= 15 is 0 Å². The van der Waals surface area contributed by atoms with Crippen LogP contribution in [0.15, 0.2) is 42.6 Å². The van der Waals surface area contributed by atoms with Gasteiger partial charge in [-0.3, -0.25) is 0 Å². The number of pyridine rings is 1. The number of rotatable bonds is 2. The van der Waals surface area contributed by atoms with Gasteiger partial charge in [0, 0.05) is 23.5 Å². The van der Waals surface area contributed by atoms with Crippen molar-refractivity contribution >= 4 is 21.9 Å². The molecule has 3 rings (SSSR count). The molecular weight excluding hydrogens is 208 g/mol. The third kappa shape index (κ3) is 1.60. The van der Waals surface area contributed by atoms with E-state index in [1.807, 2.05) is 12.3 Å². The van der Waals surface area contributed by atoms with Crippen molar-refractivity contribution in [3.05, 3.63) is 42.6 Å². The van der Waals surface area contributed by atoms with E-state index in [-0.39, 0.29) is 0 Å². The lowest BCUT2D eigenvalue weighted by molar-refractivity contribution is 0.543. The van der Waals surface area contributed by atoms with Gasteiger partial charge in [-0.25, -0.2) is 4.98 Å². The molecule has 0 aliphatic heterocycles. The molecule has 0 saturated heterocycles. The minimum atomic E-state index is 0.621. The van der Waals surface area contributed by atoms with Crippen LogP contribution in [0.25, 0.3) is 21.9 Å². The minimum absolute atomic E-state index is 0.621. The van der Waals surface area contributed by atoms with Gasteiger partial charge in [0.05, 0.1) is 5.52 Å². The van der Waals surface area contributed by atoms with Crippen molar-refractivity contribution in [2.24, 2.45) is 5.92 Å². The zero-order valence-corrected chi connectivity index (χ0v) is 10.2. The van der Waals surface area contributed by atoms with E-state index in [4.69, 9.17) is 0 Å². The Morgan fingerprint density at radius 3 is 2.65 bits per heavy atom. The summed E-state index contributed by atoms with van der Waals surface area (Å²) in [4.78, 5) is 4.53. The Labute approximate surface area is 101 Å². The number of aromatic nitrogens is 2. The molecule has 0 fully saturated rings. The quantitative estimate of drug-likeness (QED) is 0.646. The van der Waals surface area contributed by atoms with Crippen LogP contribution in [0.2, 0.25) is 0 Å².